The van der Waals surface area contributed by atoms with Crippen LogP contribution in [0, 0.1) is 5.82 Å². The number of hydrogen-bond acceptors (Lipinski definition) is 7. The Balaban J connectivity index is 1.42. The standard InChI is InChI=1S/C16H14FN3O5/c17-13-5-10(1-2-14(13)19-6-11(21)7-19)20-8-12(25-16(20)22)9-23-15-3-4-24-18-15/h1-5,12H,6-9H2. The molecule has 0 spiro atoms. The fourth-order valence-electron chi connectivity index (χ4n) is 2.74. The molecule has 130 valence electrons. The molecule has 1 unspecified atom stereocenters. The molecule has 8 nitrogen and oxygen atoms in total. The number of anilines is 2. The predicted molar refractivity (Wildman–Crippen MR) is 83.2 cm³/mol. The van der Waals surface area contributed by atoms with Crippen LogP contribution in [0.15, 0.2) is 35.1 Å². The Morgan fingerprint density at radius 2 is 2.12 bits per heavy atom. The number of aromatic nitrogens is 1. The molecular formula is C16H14FN3O5. The van der Waals surface area contributed by atoms with Crippen LogP contribution in [0.25, 0.3) is 0 Å². The molecule has 0 N–H and O–H groups in total. The monoisotopic (exact) mass is 347 g/mol. The molecule has 2 aromatic rings. The summed E-state index contributed by atoms with van der Waals surface area (Å²) in [6.45, 7) is 0.774. The number of amides is 1. The average molecular weight is 347 g/mol. The summed E-state index contributed by atoms with van der Waals surface area (Å²) in [5, 5.41) is 3.60. The number of rotatable bonds is 5. The Labute approximate surface area is 141 Å². The number of Topliss-reactive ketones (excluding diaryl/α,β-unsaturated/α-hetero) is 1. The van der Waals surface area contributed by atoms with Gasteiger partial charge < -0.3 is 18.9 Å². The van der Waals surface area contributed by atoms with Gasteiger partial charge in [-0.25, -0.2) is 9.18 Å². The second kappa shape index (κ2) is 6.08. The van der Waals surface area contributed by atoms with Crippen LogP contribution in [-0.2, 0) is 9.53 Å². The summed E-state index contributed by atoms with van der Waals surface area (Å²) in [4.78, 5) is 26.0. The Morgan fingerprint density at radius 3 is 2.80 bits per heavy atom. The molecule has 2 aliphatic rings. The lowest BCUT2D eigenvalue weighted by atomic mass is 10.1. The summed E-state index contributed by atoms with van der Waals surface area (Å²) in [6.07, 6.45) is 0.304. The van der Waals surface area contributed by atoms with E-state index >= 15 is 0 Å². The van der Waals surface area contributed by atoms with Crippen molar-refractivity contribution in [3.63, 3.8) is 0 Å². The van der Waals surface area contributed by atoms with Gasteiger partial charge in [-0.15, -0.1) is 0 Å². The first kappa shape index (κ1) is 15.4. The van der Waals surface area contributed by atoms with E-state index in [-0.39, 0.29) is 32.0 Å². The van der Waals surface area contributed by atoms with Crippen molar-refractivity contribution in [3.05, 3.63) is 36.3 Å². The fourth-order valence-corrected chi connectivity index (χ4v) is 2.74. The van der Waals surface area contributed by atoms with E-state index in [0.717, 1.165) is 0 Å². The van der Waals surface area contributed by atoms with E-state index in [1.54, 1.807) is 23.1 Å². The molecule has 2 fully saturated rings. The highest BCUT2D eigenvalue weighted by atomic mass is 19.1. The largest absolute Gasteiger partial charge is 0.471 e. The minimum atomic E-state index is -0.569. The van der Waals surface area contributed by atoms with Crippen LogP contribution < -0.4 is 14.5 Å². The molecule has 0 radical (unpaired) electrons. The first-order valence-corrected chi connectivity index (χ1v) is 7.67. The Hall–Kier alpha value is -3.10. The van der Waals surface area contributed by atoms with Crippen LogP contribution >= 0.6 is 0 Å². The molecule has 2 saturated heterocycles. The van der Waals surface area contributed by atoms with E-state index in [1.807, 2.05) is 0 Å². The Bertz CT molecular complexity index is 802. The molecule has 9 heteroatoms. The van der Waals surface area contributed by atoms with Gasteiger partial charge in [0, 0.05) is 6.07 Å². The first-order valence-electron chi connectivity index (χ1n) is 7.67. The van der Waals surface area contributed by atoms with Crippen molar-refractivity contribution in [1.82, 2.24) is 5.16 Å². The zero-order chi connectivity index (χ0) is 17.4. The highest BCUT2D eigenvalue weighted by Crippen LogP contribution is 2.29. The van der Waals surface area contributed by atoms with Gasteiger partial charge in [0.05, 0.1) is 31.0 Å². The van der Waals surface area contributed by atoms with Crippen LogP contribution in [0.5, 0.6) is 5.88 Å². The predicted octanol–water partition coefficient (Wildman–Crippen LogP) is 1.61. The lowest BCUT2D eigenvalue weighted by molar-refractivity contribution is -0.119. The second-order valence-corrected chi connectivity index (χ2v) is 5.80. The molecule has 1 aromatic heterocycles. The number of benzene rings is 1. The molecule has 2 aliphatic heterocycles. The molecule has 0 bridgehead atoms. The topological polar surface area (TPSA) is 85.1 Å². The minimum Gasteiger partial charge on any atom is -0.471 e. The zero-order valence-electron chi connectivity index (χ0n) is 13.1. The Morgan fingerprint density at radius 1 is 1.28 bits per heavy atom. The number of carbonyl (C=O) groups excluding carboxylic acids is 2. The average Bonchev–Trinajstić information content (AvgIpc) is 3.20. The van der Waals surface area contributed by atoms with E-state index in [1.165, 1.54) is 17.2 Å². The summed E-state index contributed by atoms with van der Waals surface area (Å²) in [6, 6.07) is 6.00. The third kappa shape index (κ3) is 3.00. The molecule has 1 aromatic carbocycles. The lowest BCUT2D eigenvalue weighted by Gasteiger charge is -2.32. The second-order valence-electron chi connectivity index (χ2n) is 5.80. The van der Waals surface area contributed by atoms with Crippen LogP contribution in [-0.4, -0.2) is 49.4 Å². The summed E-state index contributed by atoms with van der Waals surface area (Å²) >= 11 is 0. The van der Waals surface area contributed by atoms with Gasteiger partial charge in [-0.1, -0.05) is 0 Å². The lowest BCUT2D eigenvalue weighted by Crippen LogP contribution is -2.47. The van der Waals surface area contributed by atoms with Crippen molar-refractivity contribution < 1.29 is 28.0 Å². The first-order chi connectivity index (χ1) is 12.1. The highest BCUT2D eigenvalue weighted by Gasteiger charge is 2.34. The van der Waals surface area contributed by atoms with E-state index in [0.29, 0.717) is 17.3 Å². The number of ketones is 1. The summed E-state index contributed by atoms with van der Waals surface area (Å²) in [7, 11) is 0. The van der Waals surface area contributed by atoms with E-state index in [2.05, 4.69) is 9.68 Å². The van der Waals surface area contributed by atoms with Gasteiger partial charge in [0.25, 0.3) is 5.88 Å². The minimum absolute atomic E-state index is 0.0709. The third-order valence-electron chi connectivity index (χ3n) is 4.02. The van der Waals surface area contributed by atoms with Gasteiger partial charge in [0.1, 0.15) is 18.7 Å². The van der Waals surface area contributed by atoms with Crippen molar-refractivity contribution >= 4 is 23.3 Å². The molecular weight excluding hydrogens is 333 g/mol. The van der Waals surface area contributed by atoms with Crippen molar-refractivity contribution in [2.75, 3.05) is 36.0 Å². The molecule has 0 saturated carbocycles. The number of ether oxygens (including phenoxy) is 2. The quantitative estimate of drug-likeness (QED) is 0.812. The summed E-state index contributed by atoms with van der Waals surface area (Å²) in [5.74, 6) is -0.115. The molecule has 1 atom stereocenters. The fraction of sp³-hybridized carbons (Fsp3) is 0.312. The smallest absolute Gasteiger partial charge is 0.414 e. The number of halogens is 1. The SMILES string of the molecule is O=C1CN(c2ccc(N3CC(COc4ccon4)OC3=O)cc2F)C1. The third-order valence-corrected chi connectivity index (χ3v) is 4.02. The molecule has 4 rings (SSSR count). The van der Waals surface area contributed by atoms with Crippen molar-refractivity contribution in [1.29, 1.82) is 0 Å². The van der Waals surface area contributed by atoms with Crippen LogP contribution in [0.3, 0.4) is 0 Å². The maximum absolute atomic E-state index is 14.3. The molecule has 0 aliphatic carbocycles. The molecule has 25 heavy (non-hydrogen) atoms. The van der Waals surface area contributed by atoms with Gasteiger partial charge in [-0.3, -0.25) is 9.69 Å². The molecule has 1 amide bonds. The van der Waals surface area contributed by atoms with Gasteiger partial charge in [0.2, 0.25) is 0 Å². The van der Waals surface area contributed by atoms with Crippen LogP contribution in [0.4, 0.5) is 20.6 Å². The van der Waals surface area contributed by atoms with Gasteiger partial charge in [0.15, 0.2) is 11.9 Å². The summed E-state index contributed by atoms with van der Waals surface area (Å²) < 4.78 is 29.5. The van der Waals surface area contributed by atoms with Gasteiger partial charge >= 0.3 is 6.09 Å². The van der Waals surface area contributed by atoms with Gasteiger partial charge in [-0.05, 0) is 23.4 Å². The Kier molecular flexibility index (Phi) is 3.75. The number of nitrogens with zero attached hydrogens (tertiary/aromatic N) is 3. The van der Waals surface area contributed by atoms with Crippen molar-refractivity contribution in [2.45, 2.75) is 6.10 Å². The van der Waals surface area contributed by atoms with E-state index < -0.39 is 18.0 Å². The number of cyclic esters (lactones) is 1. The zero-order valence-corrected chi connectivity index (χ0v) is 13.1. The normalized spacial score (nSPS) is 19.8. The maximum atomic E-state index is 14.3. The maximum Gasteiger partial charge on any atom is 0.414 e. The number of hydrogen-bond donors (Lipinski definition) is 0. The van der Waals surface area contributed by atoms with Crippen LogP contribution in [0.2, 0.25) is 0 Å². The van der Waals surface area contributed by atoms with Crippen molar-refractivity contribution in [3.8, 4) is 5.88 Å². The molecule has 3 heterocycles. The van der Waals surface area contributed by atoms with Crippen molar-refractivity contribution in [2.24, 2.45) is 0 Å². The number of carbonyl (C=O) groups is 2. The van der Waals surface area contributed by atoms with Gasteiger partial charge in [-0.2, -0.15) is 0 Å². The van der Waals surface area contributed by atoms with E-state index in [9.17, 15) is 14.0 Å². The van der Waals surface area contributed by atoms with Crippen LogP contribution in [0.1, 0.15) is 0 Å². The highest BCUT2D eigenvalue weighted by molar-refractivity contribution is 5.96. The van der Waals surface area contributed by atoms with E-state index in [4.69, 9.17) is 9.47 Å². The summed E-state index contributed by atoms with van der Waals surface area (Å²) in [5.41, 5.74) is 0.740.